The number of rotatable bonds is 5. The topological polar surface area (TPSA) is 94.1 Å². The number of nitrogens with zero attached hydrogens (tertiary/aromatic N) is 3. The third kappa shape index (κ3) is 2.82. The lowest BCUT2D eigenvalue weighted by Gasteiger charge is -2.05. The molecule has 0 atom stereocenters. The zero-order chi connectivity index (χ0) is 13.0. The lowest BCUT2D eigenvalue weighted by atomic mass is 10.2. The van der Waals surface area contributed by atoms with E-state index in [1.807, 2.05) is 0 Å². The van der Waals surface area contributed by atoms with Crippen molar-refractivity contribution in [3.8, 4) is 0 Å². The average Bonchev–Trinajstić information content (AvgIpc) is 2.84. The molecule has 94 valence electrons. The van der Waals surface area contributed by atoms with Crippen LogP contribution in [0.3, 0.4) is 0 Å². The average molecular weight is 248 g/mol. The van der Waals surface area contributed by atoms with Crippen LogP contribution in [0.15, 0.2) is 29.0 Å². The molecule has 0 unspecified atom stereocenters. The van der Waals surface area contributed by atoms with Crippen molar-refractivity contribution in [1.29, 1.82) is 0 Å². The number of benzene rings is 1. The van der Waals surface area contributed by atoms with Crippen LogP contribution in [0.2, 0.25) is 0 Å². The van der Waals surface area contributed by atoms with Gasteiger partial charge in [-0.1, -0.05) is 11.2 Å². The van der Waals surface area contributed by atoms with Crippen molar-refractivity contribution in [3.05, 3.63) is 46.1 Å². The Balaban J connectivity index is 1.97. The molecule has 1 N–H and O–H groups in total. The van der Waals surface area contributed by atoms with E-state index in [2.05, 4.69) is 15.5 Å². The number of nitro benzene ring substituents is 1. The number of aromatic nitrogens is 2. The van der Waals surface area contributed by atoms with Crippen LogP contribution < -0.4 is 5.32 Å². The smallest absolute Gasteiger partial charge is 0.274 e. The normalized spacial score (nSPS) is 10.3. The summed E-state index contributed by atoms with van der Waals surface area (Å²) in [5, 5.41) is 17.3. The lowest BCUT2D eigenvalue weighted by Crippen LogP contribution is -2.05. The molecule has 0 aliphatic heterocycles. The highest BCUT2D eigenvalue weighted by molar-refractivity contribution is 5.54. The van der Waals surface area contributed by atoms with E-state index in [0.717, 1.165) is 0 Å². The number of hydrogen-bond acceptors (Lipinski definition) is 6. The fraction of sp³-hybridized carbons (Fsp3) is 0.273. The summed E-state index contributed by atoms with van der Waals surface area (Å²) >= 11 is 0. The van der Waals surface area contributed by atoms with Gasteiger partial charge >= 0.3 is 0 Å². The summed E-state index contributed by atoms with van der Waals surface area (Å²) in [5.41, 5.74) is 1.45. The zero-order valence-electron chi connectivity index (χ0n) is 9.79. The van der Waals surface area contributed by atoms with Crippen molar-refractivity contribution in [2.24, 2.45) is 0 Å². The SMILES string of the molecule is Cc1ccc(NCCc2ncno2)cc1[N+](=O)[O-]. The van der Waals surface area contributed by atoms with E-state index in [4.69, 9.17) is 4.52 Å². The zero-order valence-corrected chi connectivity index (χ0v) is 9.79. The molecule has 2 rings (SSSR count). The first-order valence-electron chi connectivity index (χ1n) is 5.41. The van der Waals surface area contributed by atoms with Crippen molar-refractivity contribution in [3.63, 3.8) is 0 Å². The van der Waals surface area contributed by atoms with Crippen molar-refractivity contribution in [2.75, 3.05) is 11.9 Å². The molecule has 1 aromatic carbocycles. The molecule has 7 nitrogen and oxygen atoms in total. The van der Waals surface area contributed by atoms with Gasteiger partial charge in [-0.25, -0.2) is 0 Å². The highest BCUT2D eigenvalue weighted by Crippen LogP contribution is 2.22. The number of hydrogen-bond donors (Lipinski definition) is 1. The molecule has 0 radical (unpaired) electrons. The van der Waals surface area contributed by atoms with E-state index >= 15 is 0 Å². The Morgan fingerprint density at radius 2 is 2.33 bits per heavy atom. The van der Waals surface area contributed by atoms with Gasteiger partial charge in [0.05, 0.1) is 4.92 Å². The number of nitro groups is 1. The van der Waals surface area contributed by atoms with Crippen molar-refractivity contribution in [2.45, 2.75) is 13.3 Å². The highest BCUT2D eigenvalue weighted by atomic mass is 16.6. The number of aryl methyl sites for hydroxylation is 1. The minimum Gasteiger partial charge on any atom is -0.384 e. The first-order chi connectivity index (χ1) is 8.66. The van der Waals surface area contributed by atoms with Gasteiger partial charge in [0.15, 0.2) is 6.33 Å². The molecule has 7 heteroatoms. The van der Waals surface area contributed by atoms with Gasteiger partial charge in [-0.05, 0) is 13.0 Å². The van der Waals surface area contributed by atoms with Crippen molar-refractivity contribution >= 4 is 11.4 Å². The van der Waals surface area contributed by atoms with Gasteiger partial charge in [0.25, 0.3) is 5.69 Å². The molecule has 18 heavy (non-hydrogen) atoms. The van der Waals surface area contributed by atoms with E-state index in [9.17, 15) is 10.1 Å². The molecule has 0 saturated heterocycles. The van der Waals surface area contributed by atoms with Gasteiger partial charge in [-0.3, -0.25) is 10.1 Å². The van der Waals surface area contributed by atoms with E-state index in [1.54, 1.807) is 19.1 Å². The van der Waals surface area contributed by atoms with Crippen molar-refractivity contribution in [1.82, 2.24) is 10.1 Å². The minimum atomic E-state index is -0.390. The summed E-state index contributed by atoms with van der Waals surface area (Å²) in [6, 6.07) is 5.03. The predicted octanol–water partition coefficient (Wildman–Crippen LogP) is 1.94. The molecule has 0 aliphatic rings. The number of anilines is 1. The highest BCUT2D eigenvalue weighted by Gasteiger charge is 2.10. The molecule has 0 aliphatic carbocycles. The van der Waals surface area contributed by atoms with E-state index < -0.39 is 4.92 Å². The van der Waals surface area contributed by atoms with Gasteiger partial charge in [0, 0.05) is 30.3 Å². The molecular formula is C11H12N4O3. The quantitative estimate of drug-likeness (QED) is 0.641. The third-order valence-electron chi connectivity index (χ3n) is 2.48. The standard InChI is InChI=1S/C11H12N4O3/c1-8-2-3-9(6-10(8)15(16)17)12-5-4-11-13-7-14-18-11/h2-3,6-7,12H,4-5H2,1H3. The Morgan fingerprint density at radius 3 is 3.00 bits per heavy atom. The molecule has 0 saturated carbocycles. The lowest BCUT2D eigenvalue weighted by molar-refractivity contribution is -0.385. The van der Waals surface area contributed by atoms with Crippen LogP contribution in [-0.2, 0) is 6.42 Å². The van der Waals surface area contributed by atoms with Gasteiger partial charge in [0.1, 0.15) is 0 Å². The Hall–Kier alpha value is -2.44. The van der Waals surface area contributed by atoms with Crippen LogP contribution in [0.1, 0.15) is 11.5 Å². The molecule has 0 fully saturated rings. The van der Waals surface area contributed by atoms with Gasteiger partial charge in [0.2, 0.25) is 5.89 Å². The fourth-order valence-electron chi connectivity index (χ4n) is 1.54. The Labute approximate surface area is 103 Å². The maximum atomic E-state index is 10.8. The molecule has 0 spiro atoms. The Morgan fingerprint density at radius 1 is 1.50 bits per heavy atom. The second-order valence-corrected chi connectivity index (χ2v) is 3.77. The second kappa shape index (κ2) is 5.26. The van der Waals surface area contributed by atoms with Crippen LogP contribution in [0, 0.1) is 17.0 Å². The summed E-state index contributed by atoms with van der Waals surface area (Å²) in [6.45, 7) is 2.28. The van der Waals surface area contributed by atoms with Crippen LogP contribution >= 0.6 is 0 Å². The first-order valence-corrected chi connectivity index (χ1v) is 5.41. The van der Waals surface area contributed by atoms with Gasteiger partial charge in [-0.15, -0.1) is 0 Å². The largest absolute Gasteiger partial charge is 0.384 e. The van der Waals surface area contributed by atoms with Gasteiger partial charge < -0.3 is 9.84 Å². The summed E-state index contributed by atoms with van der Waals surface area (Å²) in [7, 11) is 0. The van der Waals surface area contributed by atoms with Crippen LogP contribution in [0.5, 0.6) is 0 Å². The summed E-state index contributed by atoms with van der Waals surface area (Å²) < 4.78 is 4.84. The maximum absolute atomic E-state index is 10.8. The Bertz CT molecular complexity index is 539. The molecule has 2 aromatic rings. The third-order valence-corrected chi connectivity index (χ3v) is 2.48. The van der Waals surface area contributed by atoms with Crippen molar-refractivity contribution < 1.29 is 9.45 Å². The predicted molar refractivity (Wildman–Crippen MR) is 64.3 cm³/mol. The number of nitrogens with one attached hydrogen (secondary N) is 1. The summed E-state index contributed by atoms with van der Waals surface area (Å²) in [4.78, 5) is 14.3. The monoisotopic (exact) mass is 248 g/mol. The van der Waals surface area contributed by atoms with Gasteiger partial charge in [-0.2, -0.15) is 4.98 Å². The Kier molecular flexibility index (Phi) is 3.52. The van der Waals surface area contributed by atoms with Crippen LogP contribution in [0.25, 0.3) is 0 Å². The minimum absolute atomic E-state index is 0.109. The molecule has 1 aromatic heterocycles. The van der Waals surface area contributed by atoms with E-state index in [-0.39, 0.29) is 5.69 Å². The fourth-order valence-corrected chi connectivity index (χ4v) is 1.54. The summed E-state index contributed by atoms with van der Waals surface area (Å²) in [5.74, 6) is 0.532. The maximum Gasteiger partial charge on any atom is 0.274 e. The summed E-state index contributed by atoms with van der Waals surface area (Å²) in [6.07, 6.45) is 1.91. The van der Waals surface area contributed by atoms with Crippen LogP contribution in [-0.4, -0.2) is 21.6 Å². The molecule has 1 heterocycles. The molecular weight excluding hydrogens is 236 g/mol. The van der Waals surface area contributed by atoms with E-state index in [1.165, 1.54) is 12.4 Å². The van der Waals surface area contributed by atoms with Crippen LogP contribution in [0.4, 0.5) is 11.4 Å². The van der Waals surface area contributed by atoms with E-state index in [0.29, 0.717) is 30.1 Å². The molecule has 0 amide bonds. The second-order valence-electron chi connectivity index (χ2n) is 3.77. The molecule has 0 bridgehead atoms. The first kappa shape index (κ1) is 12.0.